The molecule has 0 saturated heterocycles. The smallest absolute Gasteiger partial charge is 0.254 e. The number of hydrogen-bond donors (Lipinski definition) is 4. The van der Waals surface area contributed by atoms with Crippen molar-refractivity contribution in [3.63, 3.8) is 0 Å². The lowest BCUT2D eigenvalue weighted by Gasteiger charge is -2.15. The highest BCUT2D eigenvalue weighted by Crippen LogP contribution is 2.31. The maximum Gasteiger partial charge on any atom is 0.254 e. The second kappa shape index (κ2) is 8.39. The first kappa shape index (κ1) is 19.1. The molecule has 0 radical (unpaired) electrons. The van der Waals surface area contributed by atoms with Crippen LogP contribution < -0.4 is 16.0 Å². The van der Waals surface area contributed by atoms with Crippen LogP contribution in [0, 0.1) is 5.82 Å². The first-order chi connectivity index (χ1) is 14.6. The molecule has 0 aliphatic carbocycles. The molecule has 4 N–H and O–H groups in total. The van der Waals surface area contributed by atoms with Gasteiger partial charge in [-0.05, 0) is 24.3 Å². The monoisotopic (exact) mass is 403 g/mol. The number of benzene rings is 1. The molecule has 0 atom stereocenters. The van der Waals surface area contributed by atoms with E-state index in [1.54, 1.807) is 19.3 Å². The molecule has 0 fully saturated rings. The summed E-state index contributed by atoms with van der Waals surface area (Å²) in [5.74, 6) is 0.167. The Balaban J connectivity index is 1.70. The fraction of sp³-hybridized carbons (Fsp3) is 0.0476. The molecule has 8 nitrogen and oxygen atoms in total. The van der Waals surface area contributed by atoms with Crippen molar-refractivity contribution in [3.8, 4) is 11.3 Å². The summed E-state index contributed by atoms with van der Waals surface area (Å²) in [7, 11) is 1.55. The van der Waals surface area contributed by atoms with Gasteiger partial charge >= 0.3 is 0 Å². The number of amides is 1. The molecule has 30 heavy (non-hydrogen) atoms. The normalized spacial score (nSPS) is 10.5. The van der Waals surface area contributed by atoms with Gasteiger partial charge in [0.1, 0.15) is 17.5 Å². The zero-order chi connectivity index (χ0) is 20.9. The molecule has 3 aromatic heterocycles. The van der Waals surface area contributed by atoms with Crippen molar-refractivity contribution in [2.75, 3.05) is 17.7 Å². The number of aromatic amines is 1. The number of anilines is 4. The average Bonchev–Trinajstić information content (AvgIpc) is 3.30. The van der Waals surface area contributed by atoms with E-state index in [-0.39, 0.29) is 5.91 Å². The van der Waals surface area contributed by atoms with Crippen LogP contribution in [0.1, 0.15) is 10.4 Å². The third-order valence-electron chi connectivity index (χ3n) is 4.35. The Morgan fingerprint density at radius 2 is 1.80 bits per heavy atom. The molecule has 0 unspecified atom stereocenters. The van der Waals surface area contributed by atoms with Gasteiger partial charge in [0.2, 0.25) is 0 Å². The number of para-hydroxylation sites is 1. The van der Waals surface area contributed by atoms with Crippen molar-refractivity contribution in [1.29, 1.82) is 0 Å². The Morgan fingerprint density at radius 1 is 0.967 bits per heavy atom. The fourth-order valence-corrected chi connectivity index (χ4v) is 2.90. The van der Waals surface area contributed by atoms with Crippen LogP contribution in [0.2, 0.25) is 0 Å². The van der Waals surface area contributed by atoms with Crippen molar-refractivity contribution in [1.82, 2.24) is 25.5 Å². The minimum absolute atomic E-state index is 0.282. The zero-order valence-electron chi connectivity index (χ0n) is 16.0. The zero-order valence-corrected chi connectivity index (χ0v) is 16.0. The highest BCUT2D eigenvalue weighted by atomic mass is 19.1. The standard InChI is InChI=1S/C21H18FN7O/c1-23-21(30)15-12-25-20(28-19-7-6-13(22)11-24-19)10-18(15)27-16-5-3-2-4-14(16)17-8-9-26-29-17/h2-12H,1H3,(H,23,30)(H,26,29)(H2,24,25,27,28). The van der Waals surface area contributed by atoms with Crippen molar-refractivity contribution in [2.45, 2.75) is 0 Å². The highest BCUT2D eigenvalue weighted by Gasteiger charge is 2.15. The second-order valence-corrected chi connectivity index (χ2v) is 6.32. The molecule has 4 aromatic rings. The molecule has 0 spiro atoms. The Labute approximate surface area is 171 Å². The Morgan fingerprint density at radius 3 is 2.53 bits per heavy atom. The van der Waals surface area contributed by atoms with Gasteiger partial charge in [0.25, 0.3) is 5.91 Å². The van der Waals surface area contributed by atoms with E-state index >= 15 is 0 Å². The summed E-state index contributed by atoms with van der Waals surface area (Å²) in [6.45, 7) is 0. The number of nitrogens with one attached hydrogen (secondary N) is 4. The van der Waals surface area contributed by atoms with Crippen LogP contribution in [-0.2, 0) is 0 Å². The number of carbonyl (C=O) groups is 1. The third kappa shape index (κ3) is 4.09. The number of rotatable bonds is 6. The van der Waals surface area contributed by atoms with E-state index in [9.17, 15) is 9.18 Å². The predicted octanol–water partition coefficient (Wildman–Crippen LogP) is 3.85. The second-order valence-electron chi connectivity index (χ2n) is 6.32. The van der Waals surface area contributed by atoms with Crippen LogP contribution in [0.25, 0.3) is 11.3 Å². The van der Waals surface area contributed by atoms with E-state index in [0.717, 1.165) is 23.1 Å². The maximum atomic E-state index is 13.1. The maximum absolute atomic E-state index is 13.1. The minimum Gasteiger partial charge on any atom is -0.355 e. The van der Waals surface area contributed by atoms with Crippen molar-refractivity contribution >= 4 is 28.9 Å². The Kier molecular flexibility index (Phi) is 5.33. The molecule has 4 rings (SSSR count). The van der Waals surface area contributed by atoms with Crippen LogP contribution in [-0.4, -0.2) is 33.1 Å². The number of hydrogen-bond acceptors (Lipinski definition) is 6. The average molecular weight is 403 g/mol. The van der Waals surface area contributed by atoms with Crippen LogP contribution in [0.15, 0.2) is 67.1 Å². The van der Waals surface area contributed by atoms with E-state index in [1.807, 2.05) is 30.3 Å². The SMILES string of the molecule is CNC(=O)c1cnc(Nc2ccc(F)cn2)cc1Nc1ccccc1-c1ccn[nH]1. The largest absolute Gasteiger partial charge is 0.355 e. The molecule has 0 saturated carbocycles. The van der Waals surface area contributed by atoms with Crippen LogP contribution in [0.3, 0.4) is 0 Å². The van der Waals surface area contributed by atoms with Crippen molar-refractivity contribution in [2.24, 2.45) is 0 Å². The number of halogens is 1. The summed E-state index contributed by atoms with van der Waals surface area (Å²) in [4.78, 5) is 20.6. The van der Waals surface area contributed by atoms with Crippen LogP contribution >= 0.6 is 0 Å². The molecule has 1 aromatic carbocycles. The first-order valence-corrected chi connectivity index (χ1v) is 9.10. The topological polar surface area (TPSA) is 108 Å². The summed E-state index contributed by atoms with van der Waals surface area (Å²) in [6.07, 6.45) is 4.25. The third-order valence-corrected chi connectivity index (χ3v) is 4.35. The summed E-state index contributed by atoms with van der Waals surface area (Å²) >= 11 is 0. The van der Waals surface area contributed by atoms with Gasteiger partial charge in [0.05, 0.1) is 23.1 Å². The molecule has 1 amide bonds. The van der Waals surface area contributed by atoms with Gasteiger partial charge in [-0.15, -0.1) is 0 Å². The quantitative estimate of drug-likeness (QED) is 0.389. The van der Waals surface area contributed by atoms with Crippen molar-refractivity contribution < 1.29 is 9.18 Å². The van der Waals surface area contributed by atoms with E-state index in [4.69, 9.17) is 0 Å². The number of nitrogens with zero attached hydrogens (tertiary/aromatic N) is 3. The summed E-state index contributed by atoms with van der Waals surface area (Å²) in [6, 6.07) is 14.0. The molecule has 0 bridgehead atoms. The lowest BCUT2D eigenvalue weighted by atomic mass is 10.1. The molecular weight excluding hydrogens is 385 g/mol. The van der Waals surface area contributed by atoms with E-state index < -0.39 is 5.82 Å². The van der Waals surface area contributed by atoms with Gasteiger partial charge in [0.15, 0.2) is 0 Å². The van der Waals surface area contributed by atoms with Gasteiger partial charge in [-0.3, -0.25) is 9.89 Å². The highest BCUT2D eigenvalue weighted by molar-refractivity contribution is 6.01. The van der Waals surface area contributed by atoms with Crippen LogP contribution in [0.5, 0.6) is 0 Å². The van der Waals surface area contributed by atoms with Gasteiger partial charge in [0, 0.05) is 36.8 Å². The first-order valence-electron chi connectivity index (χ1n) is 9.10. The summed E-state index contributed by atoms with van der Waals surface area (Å²) < 4.78 is 13.1. The van der Waals surface area contributed by atoms with E-state index in [0.29, 0.717) is 22.9 Å². The van der Waals surface area contributed by atoms with Crippen LogP contribution in [0.4, 0.5) is 27.4 Å². The molecule has 150 valence electrons. The lowest BCUT2D eigenvalue weighted by molar-refractivity contribution is 0.0963. The molecular formula is C21H18FN7O. The summed E-state index contributed by atoms with van der Waals surface area (Å²) in [5.41, 5.74) is 3.42. The van der Waals surface area contributed by atoms with Gasteiger partial charge in [-0.1, -0.05) is 18.2 Å². The number of pyridine rings is 2. The van der Waals surface area contributed by atoms with E-state index in [2.05, 4.69) is 36.1 Å². The Bertz CT molecular complexity index is 1160. The fourth-order valence-electron chi connectivity index (χ4n) is 2.90. The van der Waals surface area contributed by atoms with Gasteiger partial charge in [-0.2, -0.15) is 5.10 Å². The number of carbonyl (C=O) groups excluding carboxylic acids is 1. The molecule has 9 heteroatoms. The number of H-pyrrole nitrogens is 1. The lowest BCUT2D eigenvalue weighted by Crippen LogP contribution is -2.19. The predicted molar refractivity (Wildman–Crippen MR) is 112 cm³/mol. The molecule has 0 aliphatic rings. The Hall–Kier alpha value is -4.27. The van der Waals surface area contributed by atoms with Gasteiger partial charge in [-0.25, -0.2) is 14.4 Å². The number of aromatic nitrogens is 4. The molecule has 0 aliphatic heterocycles. The van der Waals surface area contributed by atoms with Crippen molar-refractivity contribution in [3.05, 3.63) is 78.5 Å². The minimum atomic E-state index is -0.429. The summed E-state index contributed by atoms with van der Waals surface area (Å²) in [5, 5.41) is 15.9. The van der Waals surface area contributed by atoms with E-state index in [1.165, 1.54) is 18.3 Å². The molecule has 3 heterocycles. The van der Waals surface area contributed by atoms with Gasteiger partial charge < -0.3 is 16.0 Å².